The Bertz CT molecular complexity index is 502. The molecule has 0 aliphatic carbocycles. The van der Waals surface area contributed by atoms with Crippen LogP contribution in [0, 0.1) is 6.92 Å². The van der Waals surface area contributed by atoms with E-state index in [0.717, 1.165) is 0 Å². The zero-order chi connectivity index (χ0) is 19.9. The smallest absolute Gasteiger partial charge is 0.0184 e. The third kappa shape index (κ3) is 15.2. The number of rotatable bonds is 0. The number of benzene rings is 3. The van der Waals surface area contributed by atoms with Crippen LogP contribution in [-0.4, -0.2) is 0 Å². The molecule has 0 fully saturated rings. The molecule has 0 heteroatoms. The van der Waals surface area contributed by atoms with Gasteiger partial charge in [-0.3, -0.25) is 0 Å². The van der Waals surface area contributed by atoms with Crippen LogP contribution in [0.1, 0.15) is 61.0 Å². The second kappa shape index (κ2) is 24.2. The zero-order valence-corrected chi connectivity index (χ0v) is 18.0. The average Bonchev–Trinajstić information content (AvgIpc) is 2.75. The van der Waals surface area contributed by atoms with E-state index < -0.39 is 0 Å². The normalized spacial score (nSPS) is 7.40. The lowest BCUT2D eigenvalue weighted by molar-refractivity contribution is 1.48. The highest BCUT2D eigenvalue weighted by molar-refractivity contribution is 5.81. The monoisotopic (exact) mass is 340 g/mol. The Morgan fingerprint density at radius 1 is 0.360 bits per heavy atom. The van der Waals surface area contributed by atoms with Gasteiger partial charge >= 0.3 is 0 Å². The van der Waals surface area contributed by atoms with Crippen LogP contribution in [0.4, 0.5) is 0 Å². The van der Waals surface area contributed by atoms with E-state index in [1.807, 2.05) is 73.6 Å². The van der Waals surface area contributed by atoms with Crippen molar-refractivity contribution in [3.05, 3.63) is 84.4 Å². The summed E-state index contributed by atoms with van der Waals surface area (Å²) >= 11 is 0. The summed E-state index contributed by atoms with van der Waals surface area (Å²) in [5.74, 6) is 0. The highest BCUT2D eigenvalue weighted by atomic mass is 13.9. The average molecular weight is 341 g/mol. The molecule has 0 atom stereocenters. The molecule has 0 nitrogen and oxygen atoms in total. The van der Waals surface area contributed by atoms with E-state index in [9.17, 15) is 0 Å². The molecule has 3 aromatic carbocycles. The van der Waals surface area contributed by atoms with Crippen LogP contribution >= 0.6 is 0 Å². The Morgan fingerprint density at radius 2 is 0.600 bits per heavy atom. The van der Waals surface area contributed by atoms with Gasteiger partial charge in [0.25, 0.3) is 0 Å². The molecule has 0 aromatic heterocycles. The quantitative estimate of drug-likeness (QED) is 0.383. The number of aryl methyl sites for hydroxylation is 1. The summed E-state index contributed by atoms with van der Waals surface area (Å²) in [4.78, 5) is 0. The summed E-state index contributed by atoms with van der Waals surface area (Å²) < 4.78 is 0. The molecule has 0 aliphatic rings. The molecule has 0 unspecified atom stereocenters. The summed E-state index contributed by atoms with van der Waals surface area (Å²) in [5.41, 5.74) is 1.32. The van der Waals surface area contributed by atoms with Gasteiger partial charge in [0.2, 0.25) is 0 Å². The SMILES string of the molecule is CC.CC.CC.CC.Cc1ccccc1.c1ccc2ccccc2c1. The van der Waals surface area contributed by atoms with Crippen molar-refractivity contribution in [2.45, 2.75) is 62.3 Å². The minimum atomic E-state index is 1.31. The molecular formula is C25H40. The van der Waals surface area contributed by atoms with Crippen LogP contribution in [0.5, 0.6) is 0 Å². The fraction of sp³-hybridized carbons (Fsp3) is 0.360. The molecule has 0 saturated heterocycles. The lowest BCUT2D eigenvalue weighted by Gasteiger charge is -1.92. The van der Waals surface area contributed by atoms with E-state index in [-0.39, 0.29) is 0 Å². The van der Waals surface area contributed by atoms with Gasteiger partial charge in [0.1, 0.15) is 0 Å². The van der Waals surface area contributed by atoms with Gasteiger partial charge in [-0.1, -0.05) is 140 Å². The van der Waals surface area contributed by atoms with Crippen molar-refractivity contribution in [1.82, 2.24) is 0 Å². The van der Waals surface area contributed by atoms with Crippen molar-refractivity contribution in [2.24, 2.45) is 0 Å². The maximum absolute atomic E-state index is 2.12. The Balaban J connectivity index is -0.000000285. The Labute approximate surface area is 157 Å². The van der Waals surface area contributed by atoms with Gasteiger partial charge in [0.05, 0.1) is 0 Å². The molecule has 0 radical (unpaired) electrons. The second-order valence-corrected chi connectivity index (χ2v) is 4.00. The van der Waals surface area contributed by atoms with Gasteiger partial charge in [-0.2, -0.15) is 0 Å². The van der Waals surface area contributed by atoms with Crippen molar-refractivity contribution in [3.63, 3.8) is 0 Å². The fourth-order valence-corrected chi connectivity index (χ4v) is 1.67. The van der Waals surface area contributed by atoms with Gasteiger partial charge in [-0.05, 0) is 17.7 Å². The van der Waals surface area contributed by atoms with E-state index in [1.54, 1.807) is 0 Å². The van der Waals surface area contributed by atoms with E-state index in [2.05, 4.69) is 67.6 Å². The first-order valence-electron chi connectivity index (χ1n) is 9.82. The molecule has 3 aromatic rings. The highest BCUT2D eigenvalue weighted by Gasteiger charge is 1.85. The molecule has 0 saturated carbocycles. The second-order valence-electron chi connectivity index (χ2n) is 4.00. The molecule has 0 amide bonds. The Kier molecular flexibility index (Phi) is 26.8. The molecule has 0 aliphatic heterocycles. The van der Waals surface area contributed by atoms with Crippen LogP contribution in [-0.2, 0) is 0 Å². The Hall–Kier alpha value is -2.08. The minimum Gasteiger partial charge on any atom is -0.0683 e. The first-order chi connectivity index (χ1) is 12.4. The van der Waals surface area contributed by atoms with Gasteiger partial charge in [0.15, 0.2) is 0 Å². The van der Waals surface area contributed by atoms with Gasteiger partial charge in [-0.25, -0.2) is 0 Å². The van der Waals surface area contributed by atoms with Crippen molar-refractivity contribution >= 4 is 10.8 Å². The summed E-state index contributed by atoms with van der Waals surface area (Å²) in [6.07, 6.45) is 0. The lowest BCUT2D eigenvalue weighted by Crippen LogP contribution is -1.67. The van der Waals surface area contributed by atoms with Gasteiger partial charge in [0, 0.05) is 0 Å². The number of hydrogen-bond acceptors (Lipinski definition) is 0. The summed E-state index contributed by atoms with van der Waals surface area (Å²) in [6, 6.07) is 27.0. The van der Waals surface area contributed by atoms with Crippen molar-refractivity contribution in [1.29, 1.82) is 0 Å². The minimum absolute atomic E-state index is 1.31. The third-order valence-electron chi connectivity index (χ3n) is 2.60. The van der Waals surface area contributed by atoms with Crippen LogP contribution in [0.15, 0.2) is 78.9 Å². The number of fused-ring (bicyclic) bond motifs is 1. The van der Waals surface area contributed by atoms with Crippen molar-refractivity contribution in [3.8, 4) is 0 Å². The molecule has 0 bridgehead atoms. The molecule has 0 N–H and O–H groups in total. The molecule has 25 heavy (non-hydrogen) atoms. The van der Waals surface area contributed by atoms with E-state index >= 15 is 0 Å². The predicted molar refractivity (Wildman–Crippen MR) is 121 cm³/mol. The number of hydrogen-bond donors (Lipinski definition) is 0. The van der Waals surface area contributed by atoms with E-state index in [4.69, 9.17) is 0 Å². The summed E-state index contributed by atoms with van der Waals surface area (Å²) in [7, 11) is 0. The maximum Gasteiger partial charge on any atom is -0.0184 e. The topological polar surface area (TPSA) is 0 Å². The molecule has 0 spiro atoms. The van der Waals surface area contributed by atoms with Crippen LogP contribution in [0.25, 0.3) is 10.8 Å². The van der Waals surface area contributed by atoms with E-state index in [1.165, 1.54) is 16.3 Å². The highest BCUT2D eigenvalue weighted by Crippen LogP contribution is 2.11. The standard InChI is InChI=1S/C10H8.C7H8.4C2H6/c1-2-6-10-8-4-3-7-9(10)5-1;1-7-5-3-2-4-6-7;4*1-2/h1-8H;2-6H,1H3;4*1-2H3. The summed E-state index contributed by atoms with van der Waals surface area (Å²) in [6.45, 7) is 18.1. The zero-order valence-electron chi connectivity index (χ0n) is 18.0. The Morgan fingerprint density at radius 3 is 0.800 bits per heavy atom. The first kappa shape index (κ1) is 27.8. The molecule has 0 heterocycles. The lowest BCUT2D eigenvalue weighted by atomic mass is 10.1. The first-order valence-corrected chi connectivity index (χ1v) is 9.82. The largest absolute Gasteiger partial charge is 0.0683 e. The van der Waals surface area contributed by atoms with Crippen molar-refractivity contribution < 1.29 is 0 Å². The van der Waals surface area contributed by atoms with Gasteiger partial charge in [-0.15, -0.1) is 0 Å². The third-order valence-corrected chi connectivity index (χ3v) is 2.60. The molecule has 3 rings (SSSR count). The molecule has 140 valence electrons. The predicted octanol–water partition coefficient (Wildman–Crippen LogP) is 8.94. The van der Waals surface area contributed by atoms with Crippen LogP contribution in [0.3, 0.4) is 0 Å². The van der Waals surface area contributed by atoms with Crippen molar-refractivity contribution in [2.75, 3.05) is 0 Å². The van der Waals surface area contributed by atoms with Gasteiger partial charge < -0.3 is 0 Å². The van der Waals surface area contributed by atoms with E-state index in [0.29, 0.717) is 0 Å². The van der Waals surface area contributed by atoms with Crippen LogP contribution < -0.4 is 0 Å². The maximum atomic E-state index is 2.12. The molecular weight excluding hydrogens is 300 g/mol. The van der Waals surface area contributed by atoms with Crippen LogP contribution in [0.2, 0.25) is 0 Å². The summed E-state index contributed by atoms with van der Waals surface area (Å²) in [5, 5.41) is 2.62. The fourth-order valence-electron chi connectivity index (χ4n) is 1.67.